The number of carbonyl (C=O) groups is 2. The number of carboxylic acid groups (broad SMARTS) is 1. The number of anilines is 1. The highest BCUT2D eigenvalue weighted by Gasteiger charge is 2.32. The zero-order valence-electron chi connectivity index (χ0n) is 15.3. The van der Waals surface area contributed by atoms with Crippen LogP contribution in [0.3, 0.4) is 0 Å². The fourth-order valence-electron chi connectivity index (χ4n) is 2.61. The van der Waals surface area contributed by atoms with Crippen LogP contribution in [-0.4, -0.2) is 32.2 Å². The summed E-state index contributed by atoms with van der Waals surface area (Å²) in [4.78, 5) is 41.0. The van der Waals surface area contributed by atoms with Gasteiger partial charge in [-0.1, -0.05) is 18.2 Å². The number of nitrogens with zero attached hydrogens (tertiary/aromatic N) is 1. The van der Waals surface area contributed by atoms with Crippen LogP contribution in [0.2, 0.25) is 0 Å². The van der Waals surface area contributed by atoms with E-state index in [4.69, 9.17) is 5.11 Å². The van der Waals surface area contributed by atoms with Crippen molar-refractivity contribution in [1.82, 2.24) is 15.3 Å². The standard InChI is InChI=1S/C18H13F3N4O5S/c19-18(20,21)10-4-2-1-3-8(10)5-22-17(30)23-11-7-31-6-9(11)14-24-12(16(28)29)13(26)15(27)25-14/h1-4,6-7,26H,5H2,(H,28,29)(H2,22,23,30)(H,24,25,27). The number of halogens is 3. The number of thiophene rings is 1. The van der Waals surface area contributed by atoms with E-state index in [1.807, 2.05) is 0 Å². The first-order valence-corrected chi connectivity index (χ1v) is 9.35. The number of carbonyl (C=O) groups excluding carboxylic acids is 1. The number of aromatic amines is 1. The average molecular weight is 454 g/mol. The van der Waals surface area contributed by atoms with Gasteiger partial charge in [-0.15, -0.1) is 11.3 Å². The van der Waals surface area contributed by atoms with Gasteiger partial charge >= 0.3 is 18.2 Å². The summed E-state index contributed by atoms with van der Waals surface area (Å²) in [5.74, 6) is -2.92. The van der Waals surface area contributed by atoms with Crippen LogP contribution in [0.15, 0.2) is 39.8 Å². The molecule has 5 N–H and O–H groups in total. The molecule has 31 heavy (non-hydrogen) atoms. The number of aromatic nitrogens is 2. The predicted octanol–water partition coefficient (Wildman–Crippen LogP) is 3.24. The van der Waals surface area contributed by atoms with E-state index in [9.17, 15) is 32.7 Å². The molecule has 0 spiro atoms. The molecule has 0 saturated carbocycles. The van der Waals surface area contributed by atoms with Crippen LogP contribution < -0.4 is 16.2 Å². The summed E-state index contributed by atoms with van der Waals surface area (Å²) in [5, 5.41) is 26.2. The first kappa shape index (κ1) is 21.8. The van der Waals surface area contributed by atoms with Crippen molar-refractivity contribution < 1.29 is 33.0 Å². The van der Waals surface area contributed by atoms with Gasteiger partial charge in [0, 0.05) is 17.3 Å². The molecule has 0 saturated heterocycles. The molecule has 162 valence electrons. The Labute approximate surface area is 175 Å². The maximum absolute atomic E-state index is 13.0. The molecule has 0 fully saturated rings. The van der Waals surface area contributed by atoms with Gasteiger partial charge in [0.05, 0.1) is 16.8 Å². The van der Waals surface area contributed by atoms with E-state index < -0.39 is 47.3 Å². The topological polar surface area (TPSA) is 144 Å². The van der Waals surface area contributed by atoms with Crippen LogP contribution in [0.1, 0.15) is 21.6 Å². The molecule has 3 rings (SSSR count). The predicted molar refractivity (Wildman–Crippen MR) is 104 cm³/mol. The number of benzene rings is 1. The monoisotopic (exact) mass is 454 g/mol. The average Bonchev–Trinajstić information content (AvgIpc) is 3.15. The van der Waals surface area contributed by atoms with Crippen molar-refractivity contribution in [2.45, 2.75) is 12.7 Å². The zero-order chi connectivity index (χ0) is 22.8. The van der Waals surface area contributed by atoms with Crippen LogP contribution in [-0.2, 0) is 12.7 Å². The summed E-state index contributed by atoms with van der Waals surface area (Å²) in [6.45, 7) is -0.404. The number of urea groups is 1. The Kier molecular flexibility index (Phi) is 5.97. The number of hydrogen-bond donors (Lipinski definition) is 5. The second-order valence-corrected chi connectivity index (χ2v) is 6.82. The van der Waals surface area contributed by atoms with Gasteiger partial charge in [-0.05, 0) is 11.6 Å². The van der Waals surface area contributed by atoms with Gasteiger partial charge in [0.1, 0.15) is 5.82 Å². The van der Waals surface area contributed by atoms with Crippen molar-refractivity contribution >= 4 is 29.0 Å². The Morgan fingerprint density at radius 1 is 1.19 bits per heavy atom. The van der Waals surface area contributed by atoms with Crippen LogP contribution in [0.5, 0.6) is 5.75 Å². The van der Waals surface area contributed by atoms with Crippen LogP contribution in [0.4, 0.5) is 23.7 Å². The third-order valence-corrected chi connectivity index (χ3v) is 4.77. The third-order valence-electron chi connectivity index (χ3n) is 4.02. The van der Waals surface area contributed by atoms with E-state index >= 15 is 0 Å². The summed E-state index contributed by atoms with van der Waals surface area (Å²) < 4.78 is 39.1. The Morgan fingerprint density at radius 2 is 1.90 bits per heavy atom. The maximum Gasteiger partial charge on any atom is 0.416 e. The molecule has 0 unspecified atom stereocenters. The number of amides is 2. The van der Waals surface area contributed by atoms with E-state index in [2.05, 4.69) is 20.6 Å². The van der Waals surface area contributed by atoms with Gasteiger partial charge in [0.2, 0.25) is 5.75 Å². The number of carboxylic acids is 1. The molecule has 0 radical (unpaired) electrons. The minimum absolute atomic E-state index is 0.122. The lowest BCUT2D eigenvalue weighted by atomic mass is 10.1. The Hall–Kier alpha value is -3.87. The molecule has 1 aromatic carbocycles. The van der Waals surface area contributed by atoms with E-state index in [-0.39, 0.29) is 22.6 Å². The minimum Gasteiger partial charge on any atom is -0.501 e. The number of rotatable bonds is 5. The molecule has 2 heterocycles. The molecule has 3 aromatic rings. The van der Waals surface area contributed by atoms with Gasteiger partial charge < -0.3 is 25.8 Å². The van der Waals surface area contributed by atoms with E-state index in [1.165, 1.54) is 29.0 Å². The summed E-state index contributed by atoms with van der Waals surface area (Å²) >= 11 is 1.08. The van der Waals surface area contributed by atoms with Crippen molar-refractivity contribution in [1.29, 1.82) is 0 Å². The van der Waals surface area contributed by atoms with Crippen molar-refractivity contribution in [3.8, 4) is 17.1 Å². The Morgan fingerprint density at radius 3 is 2.58 bits per heavy atom. The molecule has 13 heteroatoms. The Balaban J connectivity index is 1.78. The lowest BCUT2D eigenvalue weighted by molar-refractivity contribution is -0.138. The third kappa shape index (κ3) is 4.83. The number of nitrogens with one attached hydrogen (secondary N) is 3. The molecule has 0 aliphatic carbocycles. The molecular formula is C18H13F3N4O5S. The summed E-state index contributed by atoms with van der Waals surface area (Å²) in [6.07, 6.45) is -4.58. The largest absolute Gasteiger partial charge is 0.501 e. The summed E-state index contributed by atoms with van der Waals surface area (Å²) in [6, 6.07) is 3.95. The molecule has 0 bridgehead atoms. The van der Waals surface area contributed by atoms with Crippen LogP contribution in [0.25, 0.3) is 11.4 Å². The first-order chi connectivity index (χ1) is 14.6. The van der Waals surface area contributed by atoms with E-state index in [0.29, 0.717) is 0 Å². The van der Waals surface area contributed by atoms with Crippen LogP contribution >= 0.6 is 11.3 Å². The van der Waals surface area contributed by atoms with Gasteiger partial charge in [-0.2, -0.15) is 13.2 Å². The molecule has 9 nitrogen and oxygen atoms in total. The van der Waals surface area contributed by atoms with E-state index in [0.717, 1.165) is 17.4 Å². The van der Waals surface area contributed by atoms with Gasteiger partial charge in [-0.3, -0.25) is 4.79 Å². The SMILES string of the molecule is O=C(NCc1ccccc1C(F)(F)F)Nc1cscc1-c1nc(C(=O)O)c(O)c(=O)[nH]1. The Bertz CT molecular complexity index is 1210. The van der Waals surface area contributed by atoms with E-state index in [1.54, 1.807) is 0 Å². The fourth-order valence-corrected chi connectivity index (χ4v) is 3.38. The van der Waals surface area contributed by atoms with Crippen molar-refractivity contribution in [3.63, 3.8) is 0 Å². The molecule has 0 aliphatic rings. The normalized spacial score (nSPS) is 11.2. The number of aromatic carboxylic acids is 1. The minimum atomic E-state index is -4.58. The number of alkyl halides is 3. The van der Waals surface area contributed by atoms with Crippen molar-refractivity contribution in [3.05, 3.63) is 62.2 Å². The summed E-state index contributed by atoms with van der Waals surface area (Å²) in [7, 11) is 0. The number of aromatic hydroxyl groups is 1. The summed E-state index contributed by atoms with van der Waals surface area (Å²) in [5.41, 5.74) is -2.70. The zero-order valence-corrected chi connectivity index (χ0v) is 16.1. The molecule has 0 atom stereocenters. The fraction of sp³-hybridized carbons (Fsp3) is 0.111. The molecule has 2 amide bonds. The molecule has 0 aliphatic heterocycles. The number of H-pyrrole nitrogens is 1. The smallest absolute Gasteiger partial charge is 0.416 e. The van der Waals surface area contributed by atoms with Gasteiger partial charge in [0.15, 0.2) is 5.69 Å². The second-order valence-electron chi connectivity index (χ2n) is 6.08. The van der Waals surface area contributed by atoms with Crippen molar-refractivity contribution in [2.75, 3.05) is 5.32 Å². The highest BCUT2D eigenvalue weighted by atomic mass is 32.1. The van der Waals surface area contributed by atoms with Crippen molar-refractivity contribution in [2.24, 2.45) is 0 Å². The second kappa shape index (κ2) is 8.47. The number of hydrogen-bond acceptors (Lipinski definition) is 6. The van der Waals surface area contributed by atoms with Crippen LogP contribution in [0, 0.1) is 0 Å². The molecule has 2 aromatic heterocycles. The highest BCUT2D eigenvalue weighted by Crippen LogP contribution is 2.32. The highest BCUT2D eigenvalue weighted by molar-refractivity contribution is 7.08. The quantitative estimate of drug-likeness (QED) is 0.400. The lowest BCUT2D eigenvalue weighted by Crippen LogP contribution is -2.29. The van der Waals surface area contributed by atoms with Gasteiger partial charge in [0.25, 0.3) is 5.56 Å². The first-order valence-electron chi connectivity index (χ1n) is 8.41. The molecular weight excluding hydrogens is 441 g/mol. The maximum atomic E-state index is 13.0. The lowest BCUT2D eigenvalue weighted by Gasteiger charge is -2.14. The van der Waals surface area contributed by atoms with Gasteiger partial charge in [-0.25, -0.2) is 14.6 Å².